The molecule has 5 heteroatoms. The van der Waals surface area contributed by atoms with Crippen molar-refractivity contribution in [2.24, 2.45) is 0 Å². The van der Waals surface area contributed by atoms with Crippen LogP contribution in [0.2, 0.25) is 0 Å². The maximum atomic E-state index is 12.2. The van der Waals surface area contributed by atoms with Gasteiger partial charge in [0, 0.05) is 15.8 Å². The summed E-state index contributed by atoms with van der Waals surface area (Å²) in [6.45, 7) is 6.29. The van der Waals surface area contributed by atoms with Crippen LogP contribution >= 0.6 is 23.1 Å². The molecule has 134 valence electrons. The van der Waals surface area contributed by atoms with Crippen LogP contribution in [0.4, 0.5) is 5.13 Å². The maximum absolute atomic E-state index is 12.2. The molecule has 3 aromatic rings. The third-order valence-corrected chi connectivity index (χ3v) is 6.03. The SMILES string of the molecule is CCc1ccc(-c2csc(NC(=O)CSc3ccc(C)cc3C)n2)cc1. The van der Waals surface area contributed by atoms with Crippen LogP contribution in [0.25, 0.3) is 11.3 Å². The fourth-order valence-electron chi connectivity index (χ4n) is 2.63. The van der Waals surface area contributed by atoms with Crippen LogP contribution in [0.5, 0.6) is 0 Å². The lowest BCUT2D eigenvalue weighted by Gasteiger charge is -2.06. The first-order chi connectivity index (χ1) is 12.5. The molecule has 0 aliphatic carbocycles. The van der Waals surface area contributed by atoms with Crippen molar-refractivity contribution in [1.29, 1.82) is 0 Å². The Bertz CT molecular complexity index is 901. The molecular weight excluding hydrogens is 360 g/mol. The van der Waals surface area contributed by atoms with Crippen molar-refractivity contribution in [1.82, 2.24) is 4.98 Å². The molecule has 1 N–H and O–H groups in total. The molecule has 2 aromatic carbocycles. The van der Waals surface area contributed by atoms with Crippen LogP contribution in [0.15, 0.2) is 52.7 Å². The van der Waals surface area contributed by atoms with Gasteiger partial charge in [-0.2, -0.15) is 0 Å². The Labute approximate surface area is 162 Å². The highest BCUT2D eigenvalue weighted by atomic mass is 32.2. The number of benzene rings is 2. The van der Waals surface area contributed by atoms with Crippen LogP contribution in [-0.2, 0) is 11.2 Å². The highest BCUT2D eigenvalue weighted by Crippen LogP contribution is 2.26. The molecule has 3 nitrogen and oxygen atoms in total. The Morgan fingerprint density at radius 1 is 1.15 bits per heavy atom. The highest BCUT2D eigenvalue weighted by molar-refractivity contribution is 8.00. The third-order valence-electron chi connectivity index (χ3n) is 4.10. The van der Waals surface area contributed by atoms with E-state index in [1.807, 2.05) is 5.38 Å². The van der Waals surface area contributed by atoms with Crippen LogP contribution in [0.3, 0.4) is 0 Å². The van der Waals surface area contributed by atoms with Crippen molar-refractivity contribution in [3.8, 4) is 11.3 Å². The van der Waals surface area contributed by atoms with Gasteiger partial charge in [-0.05, 0) is 37.5 Å². The van der Waals surface area contributed by atoms with E-state index in [2.05, 4.69) is 73.5 Å². The maximum Gasteiger partial charge on any atom is 0.236 e. The summed E-state index contributed by atoms with van der Waals surface area (Å²) >= 11 is 3.01. The molecule has 0 fully saturated rings. The van der Waals surface area contributed by atoms with Gasteiger partial charge in [0.2, 0.25) is 5.91 Å². The normalized spacial score (nSPS) is 10.7. The van der Waals surface area contributed by atoms with Crippen molar-refractivity contribution < 1.29 is 4.79 Å². The lowest BCUT2D eigenvalue weighted by molar-refractivity contribution is -0.113. The minimum absolute atomic E-state index is 0.0304. The molecule has 3 rings (SSSR count). The summed E-state index contributed by atoms with van der Waals surface area (Å²) in [5.74, 6) is 0.349. The molecule has 0 aliphatic rings. The van der Waals surface area contributed by atoms with E-state index in [1.54, 1.807) is 11.8 Å². The molecule has 0 radical (unpaired) electrons. The molecule has 26 heavy (non-hydrogen) atoms. The average Bonchev–Trinajstić information content (AvgIpc) is 3.09. The van der Waals surface area contributed by atoms with Crippen molar-refractivity contribution in [2.45, 2.75) is 32.1 Å². The molecule has 0 saturated carbocycles. The Morgan fingerprint density at radius 3 is 2.62 bits per heavy atom. The summed E-state index contributed by atoms with van der Waals surface area (Å²) in [4.78, 5) is 17.9. The molecule has 0 unspecified atom stereocenters. The topological polar surface area (TPSA) is 42.0 Å². The second-order valence-electron chi connectivity index (χ2n) is 6.19. The van der Waals surface area contributed by atoms with Gasteiger partial charge in [-0.15, -0.1) is 23.1 Å². The first-order valence-corrected chi connectivity index (χ1v) is 10.5. The van der Waals surface area contributed by atoms with Gasteiger partial charge in [-0.3, -0.25) is 4.79 Å². The van der Waals surface area contributed by atoms with Crippen molar-refractivity contribution in [3.05, 3.63) is 64.5 Å². The van der Waals surface area contributed by atoms with E-state index in [0.717, 1.165) is 22.6 Å². The van der Waals surface area contributed by atoms with Crippen molar-refractivity contribution in [2.75, 3.05) is 11.1 Å². The van der Waals surface area contributed by atoms with E-state index in [0.29, 0.717) is 10.9 Å². The Balaban J connectivity index is 1.58. The second-order valence-corrected chi connectivity index (χ2v) is 8.07. The Morgan fingerprint density at radius 2 is 1.92 bits per heavy atom. The predicted molar refractivity (Wildman–Crippen MR) is 112 cm³/mol. The fraction of sp³-hybridized carbons (Fsp3) is 0.238. The zero-order valence-corrected chi connectivity index (χ0v) is 16.8. The number of nitrogens with zero attached hydrogens (tertiary/aromatic N) is 1. The van der Waals surface area contributed by atoms with E-state index < -0.39 is 0 Å². The average molecular weight is 383 g/mol. The van der Waals surface area contributed by atoms with Crippen molar-refractivity contribution >= 4 is 34.1 Å². The standard InChI is InChI=1S/C21H22N2OS2/c1-4-16-6-8-17(9-7-16)18-12-26-21(22-18)23-20(24)13-25-19-10-5-14(2)11-15(19)3/h5-12H,4,13H2,1-3H3,(H,22,23,24). The highest BCUT2D eigenvalue weighted by Gasteiger charge is 2.09. The van der Waals surface area contributed by atoms with E-state index in [4.69, 9.17) is 0 Å². The number of aromatic nitrogens is 1. The van der Waals surface area contributed by atoms with E-state index in [-0.39, 0.29) is 5.91 Å². The van der Waals surface area contributed by atoms with Gasteiger partial charge in [-0.1, -0.05) is 48.9 Å². The van der Waals surface area contributed by atoms with Crippen LogP contribution in [0.1, 0.15) is 23.6 Å². The van der Waals surface area contributed by atoms with E-state index in [9.17, 15) is 4.79 Å². The largest absolute Gasteiger partial charge is 0.301 e. The minimum Gasteiger partial charge on any atom is -0.301 e. The Hall–Kier alpha value is -2.11. The Kier molecular flexibility index (Phi) is 6.12. The van der Waals surface area contributed by atoms with E-state index >= 15 is 0 Å². The first kappa shape index (κ1) is 18.7. The zero-order valence-electron chi connectivity index (χ0n) is 15.2. The number of carbonyl (C=O) groups is 1. The number of hydrogen-bond donors (Lipinski definition) is 1. The van der Waals surface area contributed by atoms with Gasteiger partial charge in [0.25, 0.3) is 0 Å². The summed E-state index contributed by atoms with van der Waals surface area (Å²) in [6.07, 6.45) is 1.02. The molecule has 0 saturated heterocycles. The van der Waals surface area contributed by atoms with Gasteiger partial charge in [0.1, 0.15) is 0 Å². The minimum atomic E-state index is -0.0304. The fourth-order valence-corrected chi connectivity index (χ4v) is 4.18. The van der Waals surface area contributed by atoms with Crippen LogP contribution < -0.4 is 5.32 Å². The number of rotatable bonds is 6. The van der Waals surface area contributed by atoms with Crippen LogP contribution in [0, 0.1) is 13.8 Å². The molecule has 0 atom stereocenters. The summed E-state index contributed by atoms with van der Waals surface area (Å²) in [7, 11) is 0. The number of nitrogens with one attached hydrogen (secondary N) is 1. The lowest BCUT2D eigenvalue weighted by atomic mass is 10.1. The number of thiazole rings is 1. The monoisotopic (exact) mass is 382 g/mol. The third kappa shape index (κ3) is 4.74. The molecular formula is C21H22N2OS2. The summed E-state index contributed by atoms with van der Waals surface area (Å²) in [5.41, 5.74) is 5.72. The number of aryl methyl sites for hydroxylation is 3. The summed E-state index contributed by atoms with van der Waals surface area (Å²) in [5, 5.41) is 5.53. The first-order valence-electron chi connectivity index (χ1n) is 8.60. The van der Waals surface area contributed by atoms with Gasteiger partial charge < -0.3 is 5.32 Å². The van der Waals surface area contributed by atoms with E-state index in [1.165, 1.54) is 28.0 Å². The molecule has 1 amide bonds. The number of carbonyl (C=O) groups excluding carboxylic acids is 1. The number of anilines is 1. The van der Waals surface area contributed by atoms with Crippen LogP contribution in [-0.4, -0.2) is 16.6 Å². The molecule has 1 aromatic heterocycles. The molecule has 0 aliphatic heterocycles. The van der Waals surface area contributed by atoms with Gasteiger partial charge >= 0.3 is 0 Å². The second kappa shape index (κ2) is 8.52. The quantitative estimate of drug-likeness (QED) is 0.554. The summed E-state index contributed by atoms with van der Waals surface area (Å²) < 4.78 is 0. The summed E-state index contributed by atoms with van der Waals surface area (Å²) in [6, 6.07) is 14.7. The predicted octanol–water partition coefficient (Wildman–Crippen LogP) is 5.72. The van der Waals surface area contributed by atoms with Gasteiger partial charge in [-0.25, -0.2) is 4.98 Å². The van der Waals surface area contributed by atoms with Gasteiger partial charge in [0.05, 0.1) is 11.4 Å². The molecule has 0 bridgehead atoms. The number of thioether (sulfide) groups is 1. The van der Waals surface area contributed by atoms with Crippen molar-refractivity contribution in [3.63, 3.8) is 0 Å². The zero-order chi connectivity index (χ0) is 18.5. The molecule has 0 spiro atoms. The molecule has 1 heterocycles. The smallest absolute Gasteiger partial charge is 0.236 e. The van der Waals surface area contributed by atoms with Gasteiger partial charge in [0.15, 0.2) is 5.13 Å². The number of amides is 1. The number of hydrogen-bond acceptors (Lipinski definition) is 4. The lowest BCUT2D eigenvalue weighted by Crippen LogP contribution is -2.13.